The van der Waals surface area contributed by atoms with Crippen molar-refractivity contribution in [3.05, 3.63) is 35.6 Å². The van der Waals surface area contributed by atoms with Gasteiger partial charge in [-0.3, -0.25) is 4.99 Å². The number of ether oxygens (including phenoxy) is 1. The highest BCUT2D eigenvalue weighted by Gasteiger charge is 2.28. The van der Waals surface area contributed by atoms with Gasteiger partial charge in [-0.05, 0) is 44.0 Å². The first-order valence-electron chi connectivity index (χ1n) is 11.9. The zero-order valence-electron chi connectivity index (χ0n) is 20.1. The molecule has 6 nitrogen and oxygen atoms in total. The van der Waals surface area contributed by atoms with Crippen molar-refractivity contribution in [2.75, 3.05) is 65.4 Å². The number of halogens is 2. The van der Waals surface area contributed by atoms with E-state index in [9.17, 15) is 4.39 Å². The first-order valence-corrected chi connectivity index (χ1v) is 11.9. The van der Waals surface area contributed by atoms with Crippen molar-refractivity contribution in [2.45, 2.75) is 39.9 Å². The molecule has 0 aliphatic carbocycles. The van der Waals surface area contributed by atoms with Crippen LogP contribution in [0, 0.1) is 11.7 Å². The maximum absolute atomic E-state index is 13.3. The van der Waals surface area contributed by atoms with Crippen LogP contribution < -0.4 is 5.32 Å². The van der Waals surface area contributed by atoms with E-state index < -0.39 is 0 Å². The summed E-state index contributed by atoms with van der Waals surface area (Å²) in [5, 5.41) is 3.47. The first-order chi connectivity index (χ1) is 15.0. The van der Waals surface area contributed by atoms with Gasteiger partial charge in [0.15, 0.2) is 5.96 Å². The molecule has 3 rings (SSSR count). The number of likely N-dealkylation sites (N-methyl/N-ethyl adjacent to an activating group) is 1. The van der Waals surface area contributed by atoms with Crippen molar-refractivity contribution in [1.29, 1.82) is 0 Å². The molecule has 0 amide bonds. The quantitative estimate of drug-likeness (QED) is 0.314. The molecule has 0 radical (unpaired) electrons. The number of morpholine rings is 1. The number of hydrogen-bond donors (Lipinski definition) is 1. The summed E-state index contributed by atoms with van der Waals surface area (Å²) in [6, 6.07) is 6.65. The fourth-order valence-electron chi connectivity index (χ4n) is 4.44. The Bertz CT molecular complexity index is 696. The molecular formula is C24H41FIN5O. The highest BCUT2D eigenvalue weighted by molar-refractivity contribution is 14.0. The summed E-state index contributed by atoms with van der Waals surface area (Å²) in [6.45, 7) is 18.8. The monoisotopic (exact) mass is 561 g/mol. The summed E-state index contributed by atoms with van der Waals surface area (Å²) >= 11 is 0. The Labute approximate surface area is 210 Å². The number of hydrogen-bond acceptors (Lipinski definition) is 4. The van der Waals surface area contributed by atoms with Crippen LogP contribution in [0.4, 0.5) is 4.39 Å². The molecule has 2 heterocycles. The lowest BCUT2D eigenvalue weighted by Gasteiger charge is -2.39. The van der Waals surface area contributed by atoms with E-state index in [1.807, 2.05) is 12.1 Å². The lowest BCUT2D eigenvalue weighted by molar-refractivity contribution is -0.0605. The second-order valence-electron chi connectivity index (χ2n) is 8.93. The van der Waals surface area contributed by atoms with Crippen molar-refractivity contribution in [3.8, 4) is 0 Å². The maximum atomic E-state index is 13.3. The van der Waals surface area contributed by atoms with E-state index in [1.165, 1.54) is 25.2 Å². The van der Waals surface area contributed by atoms with Crippen LogP contribution in [0.5, 0.6) is 0 Å². The summed E-state index contributed by atoms with van der Waals surface area (Å²) in [4.78, 5) is 12.4. The van der Waals surface area contributed by atoms with Gasteiger partial charge in [-0.2, -0.15) is 0 Å². The van der Waals surface area contributed by atoms with Gasteiger partial charge in [0.2, 0.25) is 0 Å². The van der Waals surface area contributed by atoms with Crippen molar-refractivity contribution in [3.63, 3.8) is 0 Å². The Kier molecular flexibility index (Phi) is 11.7. The molecule has 2 aliphatic rings. The third-order valence-electron chi connectivity index (χ3n) is 6.17. The van der Waals surface area contributed by atoms with Crippen LogP contribution in [0.15, 0.2) is 29.3 Å². The number of nitrogens with one attached hydrogen (secondary N) is 1. The second kappa shape index (κ2) is 13.7. The normalized spacial score (nSPS) is 24.2. The molecule has 0 bridgehead atoms. The fraction of sp³-hybridized carbons (Fsp3) is 0.708. The van der Waals surface area contributed by atoms with Crippen molar-refractivity contribution in [2.24, 2.45) is 10.9 Å². The van der Waals surface area contributed by atoms with Gasteiger partial charge in [-0.15, -0.1) is 24.0 Å². The molecule has 0 spiro atoms. The summed E-state index contributed by atoms with van der Waals surface area (Å²) in [5.41, 5.74) is 1.01. The van der Waals surface area contributed by atoms with E-state index in [0.29, 0.717) is 5.92 Å². The smallest absolute Gasteiger partial charge is 0.194 e. The van der Waals surface area contributed by atoms with Crippen LogP contribution >= 0.6 is 24.0 Å². The Morgan fingerprint density at radius 3 is 2.41 bits per heavy atom. The van der Waals surface area contributed by atoms with Crippen LogP contribution in [0.2, 0.25) is 0 Å². The lowest BCUT2D eigenvalue weighted by atomic mass is 10.1. The SMILES string of the molecule is CCNC(=NCC(C)CN1CCN(CC)CC1)N1CC(C)OC(c2ccc(F)cc2)C1.I. The number of benzene rings is 1. The number of guanidine groups is 1. The Morgan fingerprint density at radius 1 is 1.12 bits per heavy atom. The summed E-state index contributed by atoms with van der Waals surface area (Å²) in [7, 11) is 0. The zero-order chi connectivity index (χ0) is 22.2. The Hall–Kier alpha value is -0.970. The molecule has 3 atom stereocenters. The molecule has 0 aromatic heterocycles. The Balaban J connectivity index is 0.00000363. The van der Waals surface area contributed by atoms with Gasteiger partial charge in [0, 0.05) is 52.4 Å². The molecule has 0 saturated carbocycles. The average Bonchev–Trinajstić information content (AvgIpc) is 2.77. The molecule has 1 N–H and O–H groups in total. The van der Waals surface area contributed by atoms with Crippen LogP contribution in [0.1, 0.15) is 39.4 Å². The van der Waals surface area contributed by atoms with Gasteiger partial charge in [0.05, 0.1) is 12.6 Å². The van der Waals surface area contributed by atoms with Crippen LogP contribution in [0.25, 0.3) is 0 Å². The van der Waals surface area contributed by atoms with E-state index in [1.54, 1.807) is 0 Å². The molecule has 2 fully saturated rings. The third-order valence-corrected chi connectivity index (χ3v) is 6.17. The summed E-state index contributed by atoms with van der Waals surface area (Å²) in [6.07, 6.45) is 0.000403. The van der Waals surface area contributed by atoms with Crippen molar-refractivity contribution < 1.29 is 9.13 Å². The average molecular weight is 562 g/mol. The number of rotatable bonds is 7. The first kappa shape index (κ1) is 27.3. The van der Waals surface area contributed by atoms with Crippen molar-refractivity contribution in [1.82, 2.24) is 20.0 Å². The molecule has 3 unspecified atom stereocenters. The molecule has 8 heteroatoms. The molecule has 2 saturated heterocycles. The van der Waals surface area contributed by atoms with Crippen LogP contribution in [0.3, 0.4) is 0 Å². The van der Waals surface area contributed by atoms with Gasteiger partial charge in [-0.1, -0.05) is 26.0 Å². The van der Waals surface area contributed by atoms with Crippen LogP contribution in [-0.4, -0.2) is 92.2 Å². The van der Waals surface area contributed by atoms with Gasteiger partial charge in [0.1, 0.15) is 11.9 Å². The van der Waals surface area contributed by atoms with Crippen LogP contribution in [-0.2, 0) is 4.74 Å². The van der Waals surface area contributed by atoms with Gasteiger partial charge in [-0.25, -0.2) is 4.39 Å². The van der Waals surface area contributed by atoms with Gasteiger partial charge < -0.3 is 24.8 Å². The van der Waals surface area contributed by atoms with E-state index in [2.05, 4.69) is 47.7 Å². The zero-order valence-corrected chi connectivity index (χ0v) is 22.4. The minimum Gasteiger partial charge on any atom is -0.367 e. The summed E-state index contributed by atoms with van der Waals surface area (Å²) < 4.78 is 19.5. The Morgan fingerprint density at radius 2 is 1.78 bits per heavy atom. The van der Waals surface area contributed by atoms with Gasteiger partial charge in [0.25, 0.3) is 0 Å². The van der Waals surface area contributed by atoms with Crippen molar-refractivity contribution >= 4 is 29.9 Å². The molecule has 1 aromatic carbocycles. The number of piperazine rings is 1. The molecule has 2 aliphatic heterocycles. The van der Waals surface area contributed by atoms with E-state index in [0.717, 1.165) is 63.9 Å². The van der Waals surface area contributed by atoms with E-state index in [-0.39, 0.29) is 42.0 Å². The van der Waals surface area contributed by atoms with Gasteiger partial charge >= 0.3 is 0 Å². The van der Waals surface area contributed by atoms with E-state index in [4.69, 9.17) is 9.73 Å². The number of nitrogens with zero attached hydrogens (tertiary/aromatic N) is 4. The lowest BCUT2D eigenvalue weighted by Crippen LogP contribution is -2.51. The minimum atomic E-state index is -0.218. The molecular weight excluding hydrogens is 520 g/mol. The highest BCUT2D eigenvalue weighted by atomic mass is 127. The topological polar surface area (TPSA) is 43.3 Å². The molecule has 182 valence electrons. The van der Waals surface area contributed by atoms with E-state index >= 15 is 0 Å². The maximum Gasteiger partial charge on any atom is 0.194 e. The predicted octanol–water partition coefficient (Wildman–Crippen LogP) is 3.44. The largest absolute Gasteiger partial charge is 0.367 e. The third kappa shape index (κ3) is 8.11. The fourth-order valence-corrected chi connectivity index (χ4v) is 4.44. The minimum absolute atomic E-state index is 0. The molecule has 1 aromatic rings. The second-order valence-corrected chi connectivity index (χ2v) is 8.93. The summed E-state index contributed by atoms with van der Waals surface area (Å²) in [5.74, 6) is 1.24. The highest BCUT2D eigenvalue weighted by Crippen LogP contribution is 2.25. The predicted molar refractivity (Wildman–Crippen MR) is 140 cm³/mol. The molecule has 32 heavy (non-hydrogen) atoms. The standard InChI is InChI=1S/C24H40FN5O.HI/c1-5-26-24(27-15-19(3)16-29-13-11-28(6-2)12-14-29)30-17-20(4)31-23(18-30)21-7-9-22(25)10-8-21;/h7-10,19-20,23H,5-6,11-18H2,1-4H3,(H,26,27);1H. The number of aliphatic imine (C=N–C) groups is 1.